The number of ether oxygens (including phenoxy) is 1. The molecule has 9 rings (SSSR count). The zero-order chi connectivity index (χ0) is 27.6. The molecule has 0 aromatic carbocycles. The summed E-state index contributed by atoms with van der Waals surface area (Å²) in [6, 6.07) is 8.39. The SMILES string of the molecule is CC(NCc1cc2cnc(Cn3cnc(-c4cncc(-n5ccc6c5OCC=N6)c4)n3)cc2[nH]1)C1CC2(F)CC1C2. The zero-order valence-corrected chi connectivity index (χ0v) is 22.7. The third-order valence-electron chi connectivity index (χ3n) is 8.80. The fraction of sp³-hybridized carbons (Fsp3) is 0.367. The molecule has 11 heteroatoms. The number of hydrogen-bond donors (Lipinski definition) is 2. The van der Waals surface area contributed by atoms with E-state index in [0.29, 0.717) is 49.2 Å². The van der Waals surface area contributed by atoms with Crippen LogP contribution in [0.2, 0.25) is 0 Å². The number of H-pyrrole nitrogens is 1. The van der Waals surface area contributed by atoms with Gasteiger partial charge in [-0.05, 0) is 62.3 Å². The van der Waals surface area contributed by atoms with Crippen molar-refractivity contribution in [2.45, 2.75) is 51.0 Å². The van der Waals surface area contributed by atoms with E-state index in [9.17, 15) is 4.39 Å². The van der Waals surface area contributed by atoms with Gasteiger partial charge in [0.2, 0.25) is 5.88 Å². The van der Waals surface area contributed by atoms with E-state index in [-0.39, 0.29) is 0 Å². The van der Waals surface area contributed by atoms with E-state index in [1.807, 2.05) is 29.1 Å². The zero-order valence-electron chi connectivity index (χ0n) is 22.7. The predicted molar refractivity (Wildman–Crippen MR) is 152 cm³/mol. The van der Waals surface area contributed by atoms with Crippen molar-refractivity contribution in [3.8, 4) is 23.0 Å². The van der Waals surface area contributed by atoms with Crippen LogP contribution in [-0.4, -0.2) is 58.8 Å². The van der Waals surface area contributed by atoms with Crippen LogP contribution in [0.4, 0.5) is 10.1 Å². The monoisotopic (exact) mass is 551 g/mol. The average Bonchev–Trinajstić information content (AvgIpc) is 3.79. The predicted octanol–water partition coefficient (Wildman–Crippen LogP) is 4.77. The number of pyridine rings is 2. The van der Waals surface area contributed by atoms with Gasteiger partial charge in [0.05, 0.1) is 24.1 Å². The molecule has 208 valence electrons. The number of fused-ring (bicyclic) bond motifs is 3. The molecule has 0 spiro atoms. The van der Waals surface area contributed by atoms with Crippen LogP contribution in [0.25, 0.3) is 28.0 Å². The van der Waals surface area contributed by atoms with E-state index in [0.717, 1.165) is 58.6 Å². The number of rotatable bonds is 8. The van der Waals surface area contributed by atoms with Gasteiger partial charge in [0.25, 0.3) is 0 Å². The molecule has 2 N–H and O–H groups in total. The Bertz CT molecular complexity index is 1780. The molecule has 3 aliphatic carbocycles. The van der Waals surface area contributed by atoms with E-state index in [2.05, 4.69) is 54.4 Å². The molecular weight excluding hydrogens is 521 g/mol. The van der Waals surface area contributed by atoms with Gasteiger partial charge in [-0.1, -0.05) is 0 Å². The maximum absolute atomic E-state index is 14.3. The summed E-state index contributed by atoms with van der Waals surface area (Å²) in [5.74, 6) is 2.26. The summed E-state index contributed by atoms with van der Waals surface area (Å²) in [5.41, 5.74) is 4.58. The summed E-state index contributed by atoms with van der Waals surface area (Å²) in [4.78, 5) is 21.5. The first-order chi connectivity index (χ1) is 20.0. The Balaban J connectivity index is 0.948. The molecule has 5 aromatic heterocycles. The van der Waals surface area contributed by atoms with Crippen LogP contribution in [0.15, 0.2) is 60.4 Å². The second kappa shape index (κ2) is 9.34. The largest absolute Gasteiger partial charge is 0.471 e. The molecular formula is C30H30FN9O. The Labute approximate surface area is 235 Å². The first kappa shape index (κ1) is 24.4. The highest BCUT2D eigenvalue weighted by molar-refractivity contribution is 5.79. The number of aromatic amines is 1. The van der Waals surface area contributed by atoms with Crippen LogP contribution >= 0.6 is 0 Å². The molecule has 0 saturated heterocycles. The molecule has 4 aliphatic rings. The molecule has 41 heavy (non-hydrogen) atoms. The minimum Gasteiger partial charge on any atom is -0.471 e. The maximum Gasteiger partial charge on any atom is 0.225 e. The quantitative estimate of drug-likeness (QED) is 0.288. The normalized spacial score (nSPS) is 23.4. The van der Waals surface area contributed by atoms with E-state index < -0.39 is 5.67 Å². The molecule has 1 aliphatic heterocycles. The van der Waals surface area contributed by atoms with Crippen molar-refractivity contribution < 1.29 is 9.13 Å². The van der Waals surface area contributed by atoms with Crippen molar-refractivity contribution in [1.82, 2.24) is 39.6 Å². The molecule has 3 saturated carbocycles. The minimum absolute atomic E-state index is 0.300. The Morgan fingerprint density at radius 3 is 2.98 bits per heavy atom. The lowest BCUT2D eigenvalue weighted by molar-refractivity contribution is 0.0728. The van der Waals surface area contributed by atoms with Crippen LogP contribution < -0.4 is 10.1 Å². The van der Waals surface area contributed by atoms with Crippen molar-refractivity contribution in [2.24, 2.45) is 16.8 Å². The number of aromatic nitrogens is 7. The van der Waals surface area contributed by atoms with Gasteiger partial charge in [-0.15, -0.1) is 0 Å². The van der Waals surface area contributed by atoms with Crippen molar-refractivity contribution >= 4 is 22.8 Å². The van der Waals surface area contributed by atoms with Crippen LogP contribution in [0.1, 0.15) is 37.6 Å². The Hall–Kier alpha value is -4.38. The number of hydrogen-bond acceptors (Lipinski definition) is 7. The lowest BCUT2D eigenvalue weighted by Gasteiger charge is -2.31. The third-order valence-corrected chi connectivity index (χ3v) is 8.80. The molecule has 6 heterocycles. The average molecular weight is 552 g/mol. The molecule has 0 radical (unpaired) electrons. The van der Waals surface area contributed by atoms with E-state index in [4.69, 9.17) is 4.74 Å². The Morgan fingerprint density at radius 2 is 2.10 bits per heavy atom. The first-order valence-electron chi connectivity index (χ1n) is 14.1. The summed E-state index contributed by atoms with van der Waals surface area (Å²) in [5, 5.41) is 9.37. The van der Waals surface area contributed by atoms with Crippen molar-refractivity contribution in [3.63, 3.8) is 0 Å². The smallest absolute Gasteiger partial charge is 0.225 e. The highest BCUT2D eigenvalue weighted by atomic mass is 19.1. The van der Waals surface area contributed by atoms with Crippen LogP contribution in [0, 0.1) is 11.8 Å². The third kappa shape index (κ3) is 4.40. The molecule has 0 amide bonds. The van der Waals surface area contributed by atoms with Gasteiger partial charge in [0.1, 0.15) is 24.3 Å². The maximum atomic E-state index is 14.3. The number of nitrogens with one attached hydrogen (secondary N) is 2. The highest BCUT2D eigenvalue weighted by Crippen LogP contribution is 2.58. The van der Waals surface area contributed by atoms with Crippen LogP contribution in [-0.2, 0) is 13.1 Å². The Kier molecular flexibility index (Phi) is 5.56. The number of alkyl halides is 1. The summed E-state index contributed by atoms with van der Waals surface area (Å²) >= 11 is 0. The van der Waals surface area contributed by atoms with Gasteiger partial charge in [-0.25, -0.2) is 14.1 Å². The number of halogens is 1. The van der Waals surface area contributed by atoms with E-state index in [1.54, 1.807) is 29.6 Å². The lowest BCUT2D eigenvalue weighted by Crippen LogP contribution is -2.35. The van der Waals surface area contributed by atoms with Crippen molar-refractivity contribution in [2.75, 3.05) is 6.61 Å². The highest BCUT2D eigenvalue weighted by Gasteiger charge is 2.57. The van der Waals surface area contributed by atoms with E-state index in [1.165, 1.54) is 0 Å². The summed E-state index contributed by atoms with van der Waals surface area (Å²) in [6.45, 7) is 3.84. The second-order valence-corrected chi connectivity index (χ2v) is 11.6. The fourth-order valence-electron chi connectivity index (χ4n) is 6.71. The summed E-state index contributed by atoms with van der Waals surface area (Å²) < 4.78 is 23.8. The topological polar surface area (TPSA) is 111 Å². The molecule has 2 bridgehead atoms. The van der Waals surface area contributed by atoms with Gasteiger partial charge in [-0.3, -0.25) is 19.5 Å². The fourth-order valence-corrected chi connectivity index (χ4v) is 6.71. The summed E-state index contributed by atoms with van der Waals surface area (Å²) in [6.07, 6.45) is 13.0. The number of nitrogens with zero attached hydrogens (tertiary/aromatic N) is 7. The molecule has 2 unspecified atom stereocenters. The lowest BCUT2D eigenvalue weighted by atomic mass is 9.79. The van der Waals surface area contributed by atoms with Crippen LogP contribution in [0.3, 0.4) is 0 Å². The van der Waals surface area contributed by atoms with Gasteiger partial charge in [-0.2, -0.15) is 5.10 Å². The summed E-state index contributed by atoms with van der Waals surface area (Å²) in [7, 11) is 0. The van der Waals surface area contributed by atoms with Gasteiger partial charge in [0.15, 0.2) is 5.82 Å². The molecule has 2 atom stereocenters. The van der Waals surface area contributed by atoms with Crippen molar-refractivity contribution in [1.29, 1.82) is 0 Å². The minimum atomic E-state index is -0.881. The second-order valence-electron chi connectivity index (χ2n) is 11.6. The van der Waals surface area contributed by atoms with Gasteiger partial charge >= 0.3 is 0 Å². The Morgan fingerprint density at radius 1 is 1.17 bits per heavy atom. The van der Waals surface area contributed by atoms with Crippen molar-refractivity contribution in [3.05, 3.63) is 66.8 Å². The standard InChI is InChI=1S/C30H30FN9O/c1-18(25-11-30(31)9-21(25)10-30)34-14-22-6-19-13-35-23(8-27(19)37-22)16-39-17-36-28(38-39)20-7-24(15-32-12-20)40-4-2-26-29(40)41-5-3-33-26/h2-4,6-8,12-13,15,17-18,21,25,34,37H,5,9-11,14,16H2,1H3. The molecule has 10 nitrogen and oxygen atoms in total. The first-order valence-corrected chi connectivity index (χ1v) is 14.1. The molecule has 3 fully saturated rings. The van der Waals surface area contributed by atoms with Crippen LogP contribution in [0.5, 0.6) is 5.88 Å². The van der Waals surface area contributed by atoms with Gasteiger partial charge < -0.3 is 15.0 Å². The van der Waals surface area contributed by atoms with Gasteiger partial charge in [0, 0.05) is 59.6 Å². The van der Waals surface area contributed by atoms with E-state index >= 15 is 0 Å². The number of aliphatic imine (C=N–C) groups is 1. The molecule has 5 aromatic rings.